The second-order valence-electron chi connectivity index (χ2n) is 6.32. The zero-order valence-corrected chi connectivity index (χ0v) is 14.3. The van der Waals surface area contributed by atoms with E-state index in [1.54, 1.807) is 12.1 Å². The van der Waals surface area contributed by atoms with Gasteiger partial charge in [-0.3, -0.25) is 14.9 Å². The molecule has 130 valence electrons. The van der Waals surface area contributed by atoms with Gasteiger partial charge in [0.25, 0.3) is 11.6 Å². The number of hydrogen-bond acceptors (Lipinski definition) is 4. The molecule has 2 N–H and O–H groups in total. The van der Waals surface area contributed by atoms with E-state index in [1.165, 1.54) is 6.07 Å². The summed E-state index contributed by atoms with van der Waals surface area (Å²) in [5.74, 6) is -0.343. The van der Waals surface area contributed by atoms with Crippen LogP contribution >= 0.6 is 0 Å². The van der Waals surface area contributed by atoms with Gasteiger partial charge >= 0.3 is 0 Å². The van der Waals surface area contributed by atoms with Gasteiger partial charge in [0.2, 0.25) is 0 Å². The lowest BCUT2D eigenvalue weighted by atomic mass is 10.1. The van der Waals surface area contributed by atoms with Crippen molar-refractivity contribution in [1.82, 2.24) is 0 Å². The molecule has 1 aliphatic rings. The standard InChI is InChI=1S/C19H21N3O3/c1-3-13-6-4-5-12(2)18(13)21-19(23)14-7-10-16(20-15-8-9-15)17(11-14)22(24)25/h4-7,10-11,15,20H,3,8-9H2,1-2H3,(H,21,23). The van der Waals surface area contributed by atoms with Crippen molar-refractivity contribution in [3.05, 3.63) is 63.2 Å². The Bertz CT molecular complexity index is 829. The number of nitro groups is 1. The molecule has 6 nitrogen and oxygen atoms in total. The number of amides is 1. The molecule has 25 heavy (non-hydrogen) atoms. The number of benzene rings is 2. The van der Waals surface area contributed by atoms with Gasteiger partial charge < -0.3 is 10.6 Å². The average Bonchev–Trinajstić information content (AvgIpc) is 3.40. The Labute approximate surface area is 146 Å². The number of nitrogens with zero attached hydrogens (tertiary/aromatic N) is 1. The van der Waals surface area contributed by atoms with Crippen molar-refractivity contribution in [2.45, 2.75) is 39.2 Å². The van der Waals surface area contributed by atoms with Gasteiger partial charge in [0.1, 0.15) is 5.69 Å². The second kappa shape index (κ2) is 6.93. The lowest BCUT2D eigenvalue weighted by molar-refractivity contribution is -0.384. The third kappa shape index (κ3) is 3.79. The van der Waals surface area contributed by atoms with Crippen molar-refractivity contribution < 1.29 is 9.72 Å². The molecule has 0 radical (unpaired) electrons. The molecular formula is C19H21N3O3. The van der Waals surface area contributed by atoms with Crippen LogP contribution in [-0.4, -0.2) is 16.9 Å². The first-order chi connectivity index (χ1) is 12.0. The molecule has 1 fully saturated rings. The fourth-order valence-corrected chi connectivity index (χ4v) is 2.78. The predicted molar refractivity (Wildman–Crippen MR) is 98.3 cm³/mol. The number of carbonyl (C=O) groups excluding carboxylic acids is 1. The van der Waals surface area contributed by atoms with E-state index in [0.717, 1.165) is 36.1 Å². The first-order valence-corrected chi connectivity index (χ1v) is 8.44. The fourth-order valence-electron chi connectivity index (χ4n) is 2.78. The summed E-state index contributed by atoms with van der Waals surface area (Å²) in [7, 11) is 0. The fraction of sp³-hybridized carbons (Fsp3) is 0.316. The molecule has 3 rings (SSSR count). The van der Waals surface area contributed by atoms with Crippen molar-refractivity contribution in [3.8, 4) is 0 Å². The third-order valence-electron chi connectivity index (χ3n) is 4.37. The minimum absolute atomic E-state index is 0.0694. The van der Waals surface area contributed by atoms with Crippen LogP contribution in [0.15, 0.2) is 36.4 Å². The van der Waals surface area contributed by atoms with Crippen molar-refractivity contribution in [2.24, 2.45) is 0 Å². The first kappa shape index (κ1) is 17.0. The van der Waals surface area contributed by atoms with E-state index in [9.17, 15) is 14.9 Å². The number of aryl methyl sites for hydroxylation is 2. The van der Waals surface area contributed by atoms with Gasteiger partial charge in [-0.25, -0.2) is 0 Å². The van der Waals surface area contributed by atoms with Crippen LogP contribution in [0.25, 0.3) is 0 Å². The molecule has 0 atom stereocenters. The van der Waals surface area contributed by atoms with Crippen LogP contribution in [0.4, 0.5) is 17.1 Å². The lowest BCUT2D eigenvalue weighted by Gasteiger charge is -2.13. The van der Waals surface area contributed by atoms with E-state index in [2.05, 4.69) is 10.6 Å². The van der Waals surface area contributed by atoms with Crippen molar-refractivity contribution in [2.75, 3.05) is 10.6 Å². The van der Waals surface area contributed by atoms with Crippen LogP contribution in [0.1, 0.15) is 41.3 Å². The van der Waals surface area contributed by atoms with Crippen LogP contribution in [0.2, 0.25) is 0 Å². The summed E-state index contributed by atoms with van der Waals surface area (Å²) in [6.07, 6.45) is 2.83. The quantitative estimate of drug-likeness (QED) is 0.607. The van der Waals surface area contributed by atoms with Crippen molar-refractivity contribution in [1.29, 1.82) is 0 Å². The Hall–Kier alpha value is -2.89. The number of nitro benzene ring substituents is 1. The minimum atomic E-state index is -0.452. The number of hydrogen-bond donors (Lipinski definition) is 2. The summed E-state index contributed by atoms with van der Waals surface area (Å²) in [5, 5.41) is 17.4. The van der Waals surface area contributed by atoms with E-state index < -0.39 is 4.92 Å². The Kier molecular flexibility index (Phi) is 4.70. The van der Waals surface area contributed by atoms with Crippen LogP contribution in [0.5, 0.6) is 0 Å². The molecule has 6 heteroatoms. The van der Waals surface area contributed by atoms with Crippen molar-refractivity contribution in [3.63, 3.8) is 0 Å². The maximum atomic E-state index is 12.6. The highest BCUT2D eigenvalue weighted by atomic mass is 16.6. The molecule has 1 aliphatic carbocycles. The third-order valence-corrected chi connectivity index (χ3v) is 4.37. The highest BCUT2D eigenvalue weighted by molar-refractivity contribution is 6.05. The summed E-state index contributed by atoms with van der Waals surface area (Å²) in [4.78, 5) is 23.5. The van der Waals surface area contributed by atoms with Crippen LogP contribution < -0.4 is 10.6 Å². The Balaban J connectivity index is 1.87. The Morgan fingerprint density at radius 2 is 2.04 bits per heavy atom. The first-order valence-electron chi connectivity index (χ1n) is 8.44. The molecule has 0 saturated heterocycles. The van der Waals surface area contributed by atoms with Crippen LogP contribution in [-0.2, 0) is 6.42 Å². The summed E-state index contributed by atoms with van der Waals surface area (Å²) < 4.78 is 0. The zero-order chi connectivity index (χ0) is 18.0. The molecule has 0 spiro atoms. The highest BCUT2D eigenvalue weighted by Crippen LogP contribution is 2.32. The monoisotopic (exact) mass is 339 g/mol. The molecule has 1 saturated carbocycles. The maximum Gasteiger partial charge on any atom is 0.293 e. The molecular weight excluding hydrogens is 318 g/mol. The average molecular weight is 339 g/mol. The van der Waals surface area contributed by atoms with E-state index >= 15 is 0 Å². The molecule has 0 aromatic heterocycles. The molecule has 2 aromatic rings. The van der Waals surface area contributed by atoms with Gasteiger partial charge in [-0.2, -0.15) is 0 Å². The number of nitrogens with one attached hydrogen (secondary N) is 2. The van der Waals surface area contributed by atoms with Crippen molar-refractivity contribution >= 4 is 23.0 Å². The lowest BCUT2D eigenvalue weighted by Crippen LogP contribution is -2.15. The topological polar surface area (TPSA) is 84.3 Å². The van der Waals surface area contributed by atoms with E-state index in [1.807, 2.05) is 32.0 Å². The van der Waals surface area contributed by atoms with Gasteiger partial charge in [-0.1, -0.05) is 25.1 Å². The van der Waals surface area contributed by atoms with Gasteiger partial charge in [0, 0.05) is 23.4 Å². The highest BCUT2D eigenvalue weighted by Gasteiger charge is 2.25. The summed E-state index contributed by atoms with van der Waals surface area (Å²) in [6, 6.07) is 10.7. The largest absolute Gasteiger partial charge is 0.377 e. The number of para-hydroxylation sites is 1. The molecule has 0 aliphatic heterocycles. The smallest absolute Gasteiger partial charge is 0.293 e. The number of carbonyl (C=O) groups is 1. The molecule has 0 unspecified atom stereocenters. The van der Waals surface area contributed by atoms with Crippen LogP contribution in [0.3, 0.4) is 0 Å². The number of rotatable bonds is 6. The van der Waals surface area contributed by atoms with Gasteiger partial charge in [-0.05, 0) is 49.4 Å². The molecule has 0 heterocycles. The van der Waals surface area contributed by atoms with E-state index in [4.69, 9.17) is 0 Å². The molecule has 2 aromatic carbocycles. The predicted octanol–water partition coefficient (Wildman–Crippen LogP) is 4.29. The van der Waals surface area contributed by atoms with Gasteiger partial charge in [0.15, 0.2) is 0 Å². The normalized spacial score (nSPS) is 13.4. The SMILES string of the molecule is CCc1cccc(C)c1NC(=O)c1ccc(NC2CC2)c([N+](=O)[O-])c1. The number of anilines is 2. The maximum absolute atomic E-state index is 12.6. The van der Waals surface area contributed by atoms with Gasteiger partial charge in [0.05, 0.1) is 4.92 Å². The zero-order valence-electron chi connectivity index (χ0n) is 14.3. The summed E-state index contributed by atoms with van der Waals surface area (Å²) >= 11 is 0. The molecule has 1 amide bonds. The summed E-state index contributed by atoms with van der Waals surface area (Å²) in [5.41, 5.74) is 3.45. The summed E-state index contributed by atoms with van der Waals surface area (Å²) in [6.45, 7) is 3.95. The Morgan fingerprint density at radius 1 is 1.28 bits per heavy atom. The molecule has 0 bridgehead atoms. The van der Waals surface area contributed by atoms with E-state index in [0.29, 0.717) is 11.7 Å². The van der Waals surface area contributed by atoms with E-state index in [-0.39, 0.29) is 17.2 Å². The van der Waals surface area contributed by atoms with Gasteiger partial charge in [-0.15, -0.1) is 0 Å². The second-order valence-corrected chi connectivity index (χ2v) is 6.32. The Morgan fingerprint density at radius 3 is 2.68 bits per heavy atom. The van der Waals surface area contributed by atoms with Crippen LogP contribution in [0, 0.1) is 17.0 Å². The minimum Gasteiger partial charge on any atom is -0.377 e.